The molecule has 2 aliphatic carbocycles. The quantitative estimate of drug-likeness (QED) is 0.646. The maximum Gasteiger partial charge on any atom is 0.160 e. The normalized spacial score (nSPS) is 37.6. The Balaban J connectivity index is 2.27. The number of hydrogen-bond donors (Lipinski definition) is 1. The van der Waals surface area contributed by atoms with E-state index in [1.54, 1.807) is 0 Å². The number of rotatable bonds is 1. The SMILES string of the molecule is O=C1C=C(Cl)C(O)(C2CC2)C1. The van der Waals surface area contributed by atoms with Crippen molar-refractivity contribution in [1.82, 2.24) is 0 Å². The monoisotopic (exact) mass is 172 g/mol. The third kappa shape index (κ3) is 1.01. The van der Waals surface area contributed by atoms with E-state index < -0.39 is 5.60 Å². The minimum absolute atomic E-state index is 0.0515. The molecule has 0 aliphatic heterocycles. The average molecular weight is 173 g/mol. The summed E-state index contributed by atoms with van der Waals surface area (Å²) in [6.07, 6.45) is 3.53. The van der Waals surface area contributed by atoms with Crippen LogP contribution in [0, 0.1) is 5.92 Å². The Morgan fingerprint density at radius 2 is 2.27 bits per heavy atom. The summed E-state index contributed by atoms with van der Waals surface area (Å²) in [5.74, 6) is 0.182. The summed E-state index contributed by atoms with van der Waals surface area (Å²) in [6, 6.07) is 0. The Kier molecular flexibility index (Phi) is 1.38. The first-order chi connectivity index (χ1) is 5.13. The number of ketones is 1. The summed E-state index contributed by atoms with van der Waals surface area (Å²) >= 11 is 5.74. The van der Waals surface area contributed by atoms with Gasteiger partial charge in [-0.3, -0.25) is 4.79 Å². The minimum atomic E-state index is -0.987. The van der Waals surface area contributed by atoms with E-state index in [0.717, 1.165) is 12.8 Å². The molecule has 1 saturated carbocycles. The average Bonchev–Trinajstić information content (AvgIpc) is 2.63. The van der Waals surface area contributed by atoms with Gasteiger partial charge in [0.25, 0.3) is 0 Å². The number of aliphatic hydroxyl groups is 1. The van der Waals surface area contributed by atoms with Gasteiger partial charge in [0.15, 0.2) is 5.78 Å². The van der Waals surface area contributed by atoms with Crippen LogP contribution in [-0.2, 0) is 4.79 Å². The molecule has 0 heterocycles. The lowest BCUT2D eigenvalue weighted by molar-refractivity contribution is -0.116. The van der Waals surface area contributed by atoms with Crippen molar-refractivity contribution in [2.45, 2.75) is 24.9 Å². The van der Waals surface area contributed by atoms with E-state index in [2.05, 4.69) is 0 Å². The first-order valence-electron chi connectivity index (χ1n) is 3.76. The first-order valence-corrected chi connectivity index (χ1v) is 4.13. The lowest BCUT2D eigenvalue weighted by Gasteiger charge is -2.21. The van der Waals surface area contributed by atoms with E-state index in [4.69, 9.17) is 11.6 Å². The highest BCUT2D eigenvalue weighted by atomic mass is 35.5. The van der Waals surface area contributed by atoms with Crippen LogP contribution in [0.1, 0.15) is 19.3 Å². The summed E-state index contributed by atoms with van der Waals surface area (Å²) in [7, 11) is 0. The second kappa shape index (κ2) is 2.08. The van der Waals surface area contributed by atoms with Crippen molar-refractivity contribution in [2.24, 2.45) is 5.92 Å². The van der Waals surface area contributed by atoms with E-state index in [9.17, 15) is 9.90 Å². The number of carbonyl (C=O) groups is 1. The smallest absolute Gasteiger partial charge is 0.160 e. The highest BCUT2D eigenvalue weighted by Crippen LogP contribution is 2.49. The molecule has 0 bridgehead atoms. The van der Waals surface area contributed by atoms with Gasteiger partial charge in [-0.2, -0.15) is 0 Å². The third-order valence-electron chi connectivity index (χ3n) is 2.40. The fraction of sp³-hybridized carbons (Fsp3) is 0.625. The van der Waals surface area contributed by atoms with E-state index in [0.29, 0.717) is 5.03 Å². The maximum atomic E-state index is 10.9. The predicted octanol–water partition coefficient (Wildman–Crippen LogP) is 1.22. The fourth-order valence-electron chi connectivity index (χ4n) is 1.57. The second-order valence-corrected chi connectivity index (χ2v) is 3.74. The summed E-state index contributed by atoms with van der Waals surface area (Å²) in [5.41, 5.74) is -0.987. The van der Waals surface area contributed by atoms with Crippen molar-refractivity contribution in [1.29, 1.82) is 0 Å². The third-order valence-corrected chi connectivity index (χ3v) is 2.83. The van der Waals surface area contributed by atoms with E-state index in [1.807, 2.05) is 0 Å². The topological polar surface area (TPSA) is 37.3 Å². The van der Waals surface area contributed by atoms with Crippen LogP contribution in [0.3, 0.4) is 0 Å². The molecule has 60 valence electrons. The van der Waals surface area contributed by atoms with Gasteiger partial charge in [0.2, 0.25) is 0 Å². The van der Waals surface area contributed by atoms with Gasteiger partial charge in [-0.25, -0.2) is 0 Å². The maximum absolute atomic E-state index is 10.9. The van der Waals surface area contributed by atoms with Gasteiger partial charge in [0.05, 0.1) is 5.03 Å². The van der Waals surface area contributed by atoms with Crippen LogP contribution >= 0.6 is 11.6 Å². The molecule has 0 saturated heterocycles. The molecule has 0 aromatic heterocycles. The molecule has 0 radical (unpaired) electrons. The van der Waals surface area contributed by atoms with Gasteiger partial charge in [-0.15, -0.1) is 0 Å². The van der Waals surface area contributed by atoms with Crippen LogP contribution in [0.15, 0.2) is 11.1 Å². The van der Waals surface area contributed by atoms with Crippen LogP contribution in [0.2, 0.25) is 0 Å². The van der Waals surface area contributed by atoms with Crippen molar-refractivity contribution in [2.75, 3.05) is 0 Å². The zero-order chi connectivity index (χ0) is 8.06. The molecule has 1 atom stereocenters. The minimum Gasteiger partial charge on any atom is -0.383 e. The Hall–Kier alpha value is -0.340. The molecule has 3 heteroatoms. The Morgan fingerprint density at radius 1 is 1.64 bits per heavy atom. The highest BCUT2D eigenvalue weighted by molar-refractivity contribution is 6.33. The molecule has 0 aromatic carbocycles. The number of carbonyl (C=O) groups excluding carboxylic acids is 1. The zero-order valence-electron chi connectivity index (χ0n) is 6.01. The van der Waals surface area contributed by atoms with Crippen LogP contribution in [-0.4, -0.2) is 16.5 Å². The van der Waals surface area contributed by atoms with E-state index in [1.165, 1.54) is 6.08 Å². The van der Waals surface area contributed by atoms with Gasteiger partial charge in [0, 0.05) is 6.42 Å². The van der Waals surface area contributed by atoms with Gasteiger partial charge < -0.3 is 5.11 Å². The Bertz CT molecular complexity index is 242. The molecule has 0 amide bonds. The predicted molar refractivity (Wildman–Crippen MR) is 41.2 cm³/mol. The Labute approximate surface area is 69.9 Å². The fourth-order valence-corrected chi connectivity index (χ4v) is 1.91. The van der Waals surface area contributed by atoms with Crippen molar-refractivity contribution >= 4 is 17.4 Å². The zero-order valence-corrected chi connectivity index (χ0v) is 6.77. The van der Waals surface area contributed by atoms with Crippen molar-refractivity contribution in [3.63, 3.8) is 0 Å². The van der Waals surface area contributed by atoms with Crippen molar-refractivity contribution in [3.8, 4) is 0 Å². The van der Waals surface area contributed by atoms with Crippen molar-refractivity contribution in [3.05, 3.63) is 11.1 Å². The van der Waals surface area contributed by atoms with Gasteiger partial charge in [-0.1, -0.05) is 11.6 Å². The number of halogens is 1. The van der Waals surface area contributed by atoms with Crippen molar-refractivity contribution < 1.29 is 9.90 Å². The van der Waals surface area contributed by atoms with Crippen LogP contribution in [0.4, 0.5) is 0 Å². The Morgan fingerprint density at radius 3 is 2.64 bits per heavy atom. The lowest BCUT2D eigenvalue weighted by Crippen LogP contribution is -2.29. The standard InChI is InChI=1S/C8H9ClO2/c9-7-3-6(10)4-8(7,11)5-1-2-5/h3,5,11H,1-2,4H2. The summed E-state index contributed by atoms with van der Waals surface area (Å²) in [6.45, 7) is 0. The molecule has 0 spiro atoms. The molecule has 1 unspecified atom stereocenters. The molecule has 2 rings (SSSR count). The lowest BCUT2D eigenvalue weighted by atomic mass is 9.97. The summed E-state index contributed by atoms with van der Waals surface area (Å²) < 4.78 is 0. The number of hydrogen-bond acceptors (Lipinski definition) is 2. The molecule has 0 aromatic rings. The van der Waals surface area contributed by atoms with E-state index >= 15 is 0 Å². The summed E-state index contributed by atoms with van der Waals surface area (Å²) in [5, 5.41) is 10.2. The molecular weight excluding hydrogens is 164 g/mol. The van der Waals surface area contributed by atoms with Gasteiger partial charge >= 0.3 is 0 Å². The van der Waals surface area contributed by atoms with Crippen LogP contribution in [0.25, 0.3) is 0 Å². The molecular formula is C8H9ClO2. The van der Waals surface area contributed by atoms with E-state index in [-0.39, 0.29) is 18.1 Å². The van der Waals surface area contributed by atoms with Gasteiger partial charge in [-0.05, 0) is 24.8 Å². The molecule has 2 nitrogen and oxygen atoms in total. The highest BCUT2D eigenvalue weighted by Gasteiger charge is 2.50. The second-order valence-electron chi connectivity index (χ2n) is 3.33. The first kappa shape index (κ1) is 7.32. The molecule has 1 N–H and O–H groups in total. The number of allylic oxidation sites excluding steroid dienone is 1. The summed E-state index contributed by atoms with van der Waals surface area (Å²) in [4.78, 5) is 10.9. The van der Waals surface area contributed by atoms with Crippen LogP contribution in [0.5, 0.6) is 0 Å². The molecule has 11 heavy (non-hydrogen) atoms. The largest absolute Gasteiger partial charge is 0.383 e. The van der Waals surface area contributed by atoms with Crippen LogP contribution < -0.4 is 0 Å². The molecule has 1 fully saturated rings. The molecule has 2 aliphatic rings. The van der Waals surface area contributed by atoms with Gasteiger partial charge in [0.1, 0.15) is 5.60 Å².